The molecule has 1 amide bonds. The molecule has 11 nitrogen and oxygen atoms in total. The van der Waals surface area contributed by atoms with Crippen LogP contribution in [0.15, 0.2) is 83.0 Å². The number of rotatable bonds is 8. The van der Waals surface area contributed by atoms with E-state index < -0.39 is 9.84 Å². The second-order valence-corrected chi connectivity index (χ2v) is 15.1. The summed E-state index contributed by atoms with van der Waals surface area (Å²) in [6, 6.07) is 19.0. The molecule has 0 aliphatic carbocycles. The maximum absolute atomic E-state index is 14.4. The predicted molar refractivity (Wildman–Crippen MR) is 191 cm³/mol. The number of carbonyl (C=O) groups is 1. The number of aromatic amines is 1. The monoisotopic (exact) mass is 679 g/mol. The number of nitrogens with zero attached hydrogens (tertiary/aromatic N) is 6. The van der Waals surface area contributed by atoms with Gasteiger partial charge in [0.15, 0.2) is 10.7 Å². The molecule has 0 saturated carbocycles. The minimum Gasteiger partial charge on any atom is -0.495 e. The molecule has 3 aromatic carbocycles. The number of hydrogen-bond acceptors (Lipinski definition) is 9. The molecule has 7 rings (SSSR count). The summed E-state index contributed by atoms with van der Waals surface area (Å²) in [6.07, 6.45) is 3.07. The average Bonchev–Trinajstić information content (AvgIpc) is 3.51. The van der Waals surface area contributed by atoms with Crippen LogP contribution in [0.4, 0.5) is 5.69 Å². The maximum Gasteiger partial charge on any atom is 0.253 e. The second kappa shape index (κ2) is 12.9. The fraction of sp³-hybridized carbons (Fsp3) is 0.324. The van der Waals surface area contributed by atoms with Gasteiger partial charge in [-0.2, -0.15) is 0 Å². The molecule has 12 heteroatoms. The summed E-state index contributed by atoms with van der Waals surface area (Å²) >= 11 is 0. The highest BCUT2D eigenvalue weighted by Gasteiger charge is 2.32. The van der Waals surface area contributed by atoms with Crippen LogP contribution in [0.2, 0.25) is 0 Å². The van der Waals surface area contributed by atoms with E-state index in [0.717, 1.165) is 48.6 Å². The number of sulfone groups is 1. The van der Waals surface area contributed by atoms with Crippen molar-refractivity contribution in [2.75, 3.05) is 72.4 Å². The van der Waals surface area contributed by atoms with Gasteiger partial charge in [0, 0.05) is 68.2 Å². The Balaban J connectivity index is 1.20. The zero-order valence-corrected chi connectivity index (χ0v) is 29.3. The highest BCUT2D eigenvalue weighted by atomic mass is 32.2. The molecular formula is C37H41N7O4S. The van der Waals surface area contributed by atoms with Crippen molar-refractivity contribution in [1.29, 1.82) is 0 Å². The molecule has 4 heterocycles. The van der Waals surface area contributed by atoms with Crippen LogP contribution in [0.3, 0.4) is 0 Å². The molecule has 0 spiro atoms. The van der Waals surface area contributed by atoms with Gasteiger partial charge >= 0.3 is 0 Å². The first-order chi connectivity index (χ1) is 23.5. The fourth-order valence-corrected chi connectivity index (χ4v) is 7.95. The van der Waals surface area contributed by atoms with E-state index in [2.05, 4.69) is 36.7 Å². The van der Waals surface area contributed by atoms with Gasteiger partial charge in [-0.05, 0) is 75.1 Å². The number of amides is 1. The van der Waals surface area contributed by atoms with E-state index in [1.165, 1.54) is 6.20 Å². The van der Waals surface area contributed by atoms with Crippen LogP contribution in [-0.2, 0) is 9.84 Å². The van der Waals surface area contributed by atoms with E-state index >= 15 is 0 Å². The van der Waals surface area contributed by atoms with Gasteiger partial charge in [0.2, 0.25) is 9.84 Å². The maximum atomic E-state index is 14.4. The predicted octanol–water partition coefficient (Wildman–Crippen LogP) is 4.58. The molecule has 1 N–H and O–H groups in total. The largest absolute Gasteiger partial charge is 0.495 e. The number of anilines is 1. The number of fused-ring (bicyclic) bond motifs is 1. The Morgan fingerprint density at radius 3 is 2.35 bits per heavy atom. The molecule has 254 valence electrons. The summed E-state index contributed by atoms with van der Waals surface area (Å²) < 4.78 is 34.6. The fourth-order valence-electron chi connectivity index (χ4n) is 6.50. The van der Waals surface area contributed by atoms with Crippen molar-refractivity contribution in [2.45, 2.75) is 22.9 Å². The van der Waals surface area contributed by atoms with Crippen molar-refractivity contribution in [2.24, 2.45) is 0 Å². The summed E-state index contributed by atoms with van der Waals surface area (Å²) in [6.45, 7) is 6.98. The van der Waals surface area contributed by atoms with E-state index in [1.54, 1.807) is 31.5 Å². The van der Waals surface area contributed by atoms with Crippen LogP contribution in [0.1, 0.15) is 15.9 Å². The number of likely N-dealkylation sites (N-methyl/N-ethyl adjacent to an activating group) is 2. The summed E-state index contributed by atoms with van der Waals surface area (Å²) in [7, 11) is 3.70. The van der Waals surface area contributed by atoms with Crippen molar-refractivity contribution in [1.82, 2.24) is 29.7 Å². The normalized spacial score (nSPS) is 16.0. The van der Waals surface area contributed by atoms with Crippen LogP contribution in [0.5, 0.6) is 5.75 Å². The zero-order chi connectivity index (χ0) is 34.4. The number of aryl methyl sites for hydroxylation is 1. The van der Waals surface area contributed by atoms with Gasteiger partial charge in [-0.15, -0.1) is 0 Å². The molecule has 49 heavy (non-hydrogen) atoms. The van der Waals surface area contributed by atoms with Crippen LogP contribution in [0.25, 0.3) is 33.4 Å². The Morgan fingerprint density at radius 2 is 1.65 bits per heavy atom. The van der Waals surface area contributed by atoms with Crippen molar-refractivity contribution >= 4 is 32.6 Å². The number of likely N-dealkylation sites (tertiary alicyclic amines) is 1. The molecule has 2 saturated heterocycles. The number of carbonyl (C=O) groups excluding carboxylic acids is 1. The molecule has 2 aliphatic rings. The van der Waals surface area contributed by atoms with Gasteiger partial charge in [-0.25, -0.2) is 18.4 Å². The van der Waals surface area contributed by atoms with E-state index in [4.69, 9.17) is 4.74 Å². The second-order valence-electron chi connectivity index (χ2n) is 13.2. The van der Waals surface area contributed by atoms with E-state index in [-0.39, 0.29) is 15.8 Å². The number of benzene rings is 3. The number of nitrogens with one attached hydrogen (secondary N) is 1. The molecule has 0 bridgehead atoms. The standard InChI is InChI=1S/C37H41N7O4S/c1-24-6-12-29(27-11-13-31(32(19-27)48-5)43-16-14-42(4)15-17-43)33(18-24)49(46,47)34-21-39-36-35(40-34)30(20-38-36)25-7-9-26(10-8-25)37(45)44-22-28(23-44)41(2)3/h6-13,18-21,28H,14-17,22-23H2,1-5H3,(H,38,39). The number of aromatic nitrogens is 3. The lowest BCUT2D eigenvalue weighted by Crippen LogP contribution is -2.59. The van der Waals surface area contributed by atoms with Crippen LogP contribution < -0.4 is 9.64 Å². The average molecular weight is 680 g/mol. The third-order valence-corrected chi connectivity index (χ3v) is 11.4. The van der Waals surface area contributed by atoms with Crippen molar-refractivity contribution in [3.05, 3.63) is 84.2 Å². The zero-order valence-electron chi connectivity index (χ0n) is 28.5. The summed E-state index contributed by atoms with van der Waals surface area (Å²) in [5.41, 5.74) is 6.10. The van der Waals surface area contributed by atoms with Gasteiger partial charge in [-0.3, -0.25) is 4.79 Å². The minimum absolute atomic E-state index is 0.00250. The number of H-pyrrole nitrogens is 1. The van der Waals surface area contributed by atoms with E-state index in [9.17, 15) is 13.2 Å². The molecule has 5 aromatic rings. The smallest absolute Gasteiger partial charge is 0.253 e. The molecule has 0 atom stereocenters. The minimum atomic E-state index is -4.10. The van der Waals surface area contributed by atoms with Crippen molar-refractivity contribution in [3.63, 3.8) is 0 Å². The van der Waals surface area contributed by atoms with E-state index in [1.807, 2.05) is 68.4 Å². The summed E-state index contributed by atoms with van der Waals surface area (Å²) in [5, 5.41) is -0.145. The number of ether oxygens (including phenoxy) is 1. The summed E-state index contributed by atoms with van der Waals surface area (Å²) in [5.74, 6) is 0.691. The highest BCUT2D eigenvalue weighted by Crippen LogP contribution is 2.38. The quantitative estimate of drug-likeness (QED) is 0.252. The number of hydrogen-bond donors (Lipinski definition) is 1. The molecule has 0 unspecified atom stereocenters. The highest BCUT2D eigenvalue weighted by molar-refractivity contribution is 7.91. The van der Waals surface area contributed by atoms with Crippen LogP contribution >= 0.6 is 0 Å². The van der Waals surface area contributed by atoms with Crippen molar-refractivity contribution < 1.29 is 17.9 Å². The van der Waals surface area contributed by atoms with Crippen molar-refractivity contribution in [3.8, 4) is 28.0 Å². The molecule has 2 aromatic heterocycles. The third-order valence-electron chi connectivity index (χ3n) is 9.72. The molecule has 2 fully saturated rings. The number of piperazine rings is 1. The van der Waals surface area contributed by atoms with Gasteiger partial charge in [0.05, 0.1) is 23.9 Å². The topological polar surface area (TPSA) is 115 Å². The first-order valence-electron chi connectivity index (χ1n) is 16.4. The lowest BCUT2D eigenvalue weighted by atomic mass is 10.0. The van der Waals surface area contributed by atoms with Crippen LogP contribution in [-0.4, -0.2) is 118 Å². The number of methoxy groups -OCH3 is 1. The Kier molecular flexibility index (Phi) is 8.64. The molecule has 0 radical (unpaired) electrons. The summed E-state index contributed by atoms with van der Waals surface area (Å²) in [4.78, 5) is 34.0. The third kappa shape index (κ3) is 6.16. The molecular weight excluding hydrogens is 639 g/mol. The molecule has 2 aliphatic heterocycles. The first-order valence-corrected chi connectivity index (χ1v) is 17.9. The Bertz CT molecular complexity index is 2130. The van der Waals surface area contributed by atoms with Gasteiger partial charge in [-0.1, -0.05) is 30.3 Å². The Morgan fingerprint density at radius 1 is 0.939 bits per heavy atom. The van der Waals surface area contributed by atoms with Gasteiger partial charge in [0.1, 0.15) is 11.3 Å². The van der Waals surface area contributed by atoms with E-state index in [0.29, 0.717) is 52.7 Å². The lowest BCUT2D eigenvalue weighted by molar-refractivity contribution is 0.0399. The van der Waals surface area contributed by atoms with Crippen LogP contribution in [0, 0.1) is 6.92 Å². The first kappa shape index (κ1) is 32.8. The SMILES string of the molecule is COc1cc(-c2ccc(C)cc2S(=O)(=O)c2cnc3[nH]cc(-c4ccc(C(=O)N5CC(N(C)C)C5)cc4)c3n2)ccc1N1CCN(C)CC1. The van der Waals surface area contributed by atoms with Gasteiger partial charge < -0.3 is 29.3 Å². The lowest BCUT2D eigenvalue weighted by Gasteiger charge is -2.42. The van der Waals surface area contributed by atoms with Gasteiger partial charge in [0.25, 0.3) is 5.91 Å². The Hall–Kier alpha value is -4.78. The Labute approximate surface area is 287 Å².